The van der Waals surface area contributed by atoms with Crippen molar-refractivity contribution in [1.29, 1.82) is 0 Å². The monoisotopic (exact) mass is 368 g/mol. The van der Waals surface area contributed by atoms with Gasteiger partial charge in [0.05, 0.1) is 18.7 Å². The van der Waals surface area contributed by atoms with Crippen LogP contribution in [0.4, 0.5) is 0 Å². The molecule has 142 valence electrons. The summed E-state index contributed by atoms with van der Waals surface area (Å²) in [5.41, 5.74) is 1.41. The van der Waals surface area contributed by atoms with E-state index in [0.717, 1.165) is 31.5 Å². The van der Waals surface area contributed by atoms with E-state index < -0.39 is 0 Å². The number of fused-ring (bicyclic) bond motifs is 3. The minimum absolute atomic E-state index is 0.0372. The summed E-state index contributed by atoms with van der Waals surface area (Å²) in [5.74, 6) is 0.489. The van der Waals surface area contributed by atoms with Gasteiger partial charge in [0.1, 0.15) is 5.69 Å². The van der Waals surface area contributed by atoms with Crippen molar-refractivity contribution in [3.8, 4) is 0 Å². The predicted molar refractivity (Wildman–Crippen MR) is 97.7 cm³/mol. The number of piperidine rings is 3. The largest absolute Gasteiger partial charge is 0.352 e. The van der Waals surface area contributed by atoms with Crippen molar-refractivity contribution >= 4 is 11.7 Å². The zero-order chi connectivity index (χ0) is 18.8. The van der Waals surface area contributed by atoms with Crippen molar-refractivity contribution in [3.05, 3.63) is 42.0 Å². The summed E-state index contributed by atoms with van der Waals surface area (Å²) < 4.78 is 1.75. The zero-order valence-corrected chi connectivity index (χ0v) is 15.4. The predicted octanol–water partition coefficient (Wildman–Crippen LogP) is 0.902. The Morgan fingerprint density at radius 3 is 2.93 bits per heavy atom. The Morgan fingerprint density at radius 2 is 2.26 bits per heavy atom. The van der Waals surface area contributed by atoms with E-state index in [-0.39, 0.29) is 17.6 Å². The number of nitrogens with one attached hydrogen (secondary N) is 1. The van der Waals surface area contributed by atoms with Gasteiger partial charge in [0.2, 0.25) is 5.91 Å². The Balaban J connectivity index is 1.34. The number of aromatic nitrogens is 4. The molecule has 2 aromatic heterocycles. The lowest BCUT2D eigenvalue weighted by Gasteiger charge is -2.49. The van der Waals surface area contributed by atoms with Crippen molar-refractivity contribution in [2.75, 3.05) is 13.1 Å². The number of nitrogens with zero attached hydrogens (tertiary/aromatic N) is 5. The molecule has 0 aromatic carbocycles. The molecule has 2 aromatic rings. The fraction of sp³-hybridized carbons (Fsp3) is 0.526. The van der Waals surface area contributed by atoms with Gasteiger partial charge < -0.3 is 5.32 Å². The number of carbonyl (C=O) groups is 2. The minimum atomic E-state index is -0.0722. The van der Waals surface area contributed by atoms with Crippen molar-refractivity contribution in [2.45, 2.75) is 38.9 Å². The first-order valence-corrected chi connectivity index (χ1v) is 9.42. The molecule has 3 aliphatic heterocycles. The fourth-order valence-corrected chi connectivity index (χ4v) is 4.21. The van der Waals surface area contributed by atoms with E-state index in [1.807, 2.05) is 12.1 Å². The molecule has 3 fully saturated rings. The molecule has 5 heterocycles. The number of Topliss-reactive ketones (excluding diaryl/α,β-unsaturated/α-hetero) is 1. The molecule has 27 heavy (non-hydrogen) atoms. The molecule has 4 atom stereocenters. The van der Waals surface area contributed by atoms with Crippen LogP contribution in [-0.2, 0) is 17.9 Å². The summed E-state index contributed by atoms with van der Waals surface area (Å²) in [6.45, 7) is 4.51. The van der Waals surface area contributed by atoms with Crippen molar-refractivity contribution in [2.24, 2.45) is 11.8 Å². The molecule has 8 nitrogen and oxygen atoms in total. The van der Waals surface area contributed by atoms with E-state index in [1.165, 1.54) is 6.92 Å². The number of carbonyl (C=O) groups excluding carboxylic acids is 2. The molecule has 0 saturated carbocycles. The van der Waals surface area contributed by atoms with Crippen molar-refractivity contribution in [3.63, 3.8) is 0 Å². The quantitative estimate of drug-likeness (QED) is 0.762. The lowest BCUT2D eigenvalue weighted by molar-refractivity contribution is -0.133. The van der Waals surface area contributed by atoms with Crippen LogP contribution in [0.1, 0.15) is 35.8 Å². The number of hydrogen-bond acceptors (Lipinski definition) is 6. The SMILES string of the molecule is CC(=O)c1cn(C[C@H]2CC3CCN2C[C@@H]3C(=O)NCc2cccnc2)nn1. The zero-order valence-electron chi connectivity index (χ0n) is 15.4. The van der Waals surface area contributed by atoms with Gasteiger partial charge in [0.25, 0.3) is 0 Å². The molecule has 0 aliphatic carbocycles. The van der Waals surface area contributed by atoms with Crippen LogP contribution in [0.3, 0.4) is 0 Å². The second kappa shape index (κ2) is 7.56. The molecule has 2 unspecified atom stereocenters. The van der Waals surface area contributed by atoms with Crippen LogP contribution in [0, 0.1) is 11.8 Å². The van der Waals surface area contributed by atoms with Gasteiger partial charge in [0.15, 0.2) is 5.78 Å². The van der Waals surface area contributed by atoms with Crippen LogP contribution in [0.15, 0.2) is 30.7 Å². The van der Waals surface area contributed by atoms with Crippen LogP contribution < -0.4 is 5.32 Å². The average molecular weight is 368 g/mol. The highest BCUT2D eigenvalue weighted by Gasteiger charge is 2.43. The summed E-state index contributed by atoms with van der Waals surface area (Å²) in [7, 11) is 0. The standard InChI is InChI=1S/C19H24N6O2/c1-13(26)18-12-25(23-22-18)10-16-7-15-4-6-24(16)11-17(15)19(27)21-9-14-3-2-5-20-8-14/h2-3,5,8,12,15-17H,4,6-7,9-11H2,1H3,(H,21,27)/t15?,16-,17+/m1/s1. The summed E-state index contributed by atoms with van der Waals surface area (Å²) in [5, 5.41) is 11.0. The molecular weight excluding hydrogens is 344 g/mol. The number of pyridine rings is 1. The van der Waals surface area contributed by atoms with E-state index in [1.54, 1.807) is 23.3 Å². The second-order valence-electron chi connectivity index (χ2n) is 7.50. The summed E-state index contributed by atoms with van der Waals surface area (Å²) in [6, 6.07) is 4.18. The first-order chi connectivity index (χ1) is 13.1. The van der Waals surface area contributed by atoms with Gasteiger partial charge in [-0.3, -0.25) is 24.2 Å². The van der Waals surface area contributed by atoms with Gasteiger partial charge in [-0.05, 0) is 36.9 Å². The van der Waals surface area contributed by atoms with Gasteiger partial charge in [-0.2, -0.15) is 0 Å². The Kier molecular flexibility index (Phi) is 4.98. The van der Waals surface area contributed by atoms with Crippen LogP contribution in [0.5, 0.6) is 0 Å². The molecule has 1 amide bonds. The lowest BCUT2D eigenvalue weighted by Crippen LogP contribution is -2.58. The molecule has 2 bridgehead atoms. The van der Waals surface area contributed by atoms with Crippen LogP contribution in [-0.4, -0.2) is 55.7 Å². The first kappa shape index (κ1) is 17.8. The van der Waals surface area contributed by atoms with Gasteiger partial charge in [-0.25, -0.2) is 0 Å². The average Bonchev–Trinajstić information content (AvgIpc) is 3.16. The fourth-order valence-electron chi connectivity index (χ4n) is 4.21. The van der Waals surface area contributed by atoms with Gasteiger partial charge in [0, 0.05) is 38.4 Å². The number of ketones is 1. The summed E-state index contributed by atoms with van der Waals surface area (Å²) >= 11 is 0. The second-order valence-corrected chi connectivity index (χ2v) is 7.50. The molecule has 5 rings (SSSR count). The minimum Gasteiger partial charge on any atom is -0.352 e. The lowest BCUT2D eigenvalue weighted by atomic mass is 9.75. The Morgan fingerprint density at radius 1 is 1.37 bits per heavy atom. The highest BCUT2D eigenvalue weighted by molar-refractivity contribution is 5.91. The maximum atomic E-state index is 12.7. The maximum Gasteiger partial charge on any atom is 0.224 e. The molecular formula is C19H24N6O2. The van der Waals surface area contributed by atoms with E-state index in [4.69, 9.17) is 0 Å². The molecule has 8 heteroatoms. The molecule has 1 N–H and O–H groups in total. The van der Waals surface area contributed by atoms with Crippen molar-refractivity contribution in [1.82, 2.24) is 30.2 Å². The van der Waals surface area contributed by atoms with Crippen LogP contribution in [0.2, 0.25) is 0 Å². The van der Waals surface area contributed by atoms with Crippen molar-refractivity contribution < 1.29 is 9.59 Å². The van der Waals surface area contributed by atoms with E-state index in [0.29, 0.717) is 30.7 Å². The highest BCUT2D eigenvalue weighted by Crippen LogP contribution is 2.36. The number of amides is 1. The third-order valence-corrected chi connectivity index (χ3v) is 5.70. The smallest absolute Gasteiger partial charge is 0.224 e. The Bertz CT molecular complexity index is 821. The number of hydrogen-bond donors (Lipinski definition) is 1. The number of rotatable bonds is 6. The molecule has 0 spiro atoms. The van der Waals surface area contributed by atoms with E-state index in [2.05, 4.69) is 25.5 Å². The first-order valence-electron chi connectivity index (χ1n) is 9.42. The molecule has 3 saturated heterocycles. The normalized spacial score (nSPS) is 26.7. The highest BCUT2D eigenvalue weighted by atomic mass is 16.2. The Hall–Kier alpha value is -2.61. The molecule has 3 aliphatic rings. The maximum absolute atomic E-state index is 12.7. The Labute approximate surface area is 158 Å². The van der Waals surface area contributed by atoms with E-state index >= 15 is 0 Å². The topological polar surface area (TPSA) is 93.0 Å². The summed E-state index contributed by atoms with van der Waals surface area (Å²) in [6.07, 6.45) is 7.25. The van der Waals surface area contributed by atoms with Crippen LogP contribution >= 0.6 is 0 Å². The third kappa shape index (κ3) is 3.90. The van der Waals surface area contributed by atoms with Crippen LogP contribution in [0.25, 0.3) is 0 Å². The summed E-state index contributed by atoms with van der Waals surface area (Å²) in [4.78, 5) is 30.5. The van der Waals surface area contributed by atoms with Gasteiger partial charge in [-0.15, -0.1) is 5.10 Å². The molecule has 0 radical (unpaired) electrons. The van der Waals surface area contributed by atoms with E-state index in [9.17, 15) is 9.59 Å². The van der Waals surface area contributed by atoms with Gasteiger partial charge >= 0.3 is 0 Å². The third-order valence-electron chi connectivity index (χ3n) is 5.70. The van der Waals surface area contributed by atoms with Gasteiger partial charge in [-0.1, -0.05) is 11.3 Å².